The molecule has 1 fully saturated rings. The lowest BCUT2D eigenvalue weighted by Gasteiger charge is -2.32. The van der Waals surface area contributed by atoms with E-state index in [0.717, 1.165) is 18.4 Å². The van der Waals surface area contributed by atoms with Gasteiger partial charge in [0.2, 0.25) is 0 Å². The van der Waals surface area contributed by atoms with Crippen LogP contribution in [0.2, 0.25) is 0 Å². The van der Waals surface area contributed by atoms with E-state index in [1.165, 1.54) is 32.2 Å². The molecule has 0 radical (unpaired) electrons. The maximum atomic E-state index is 9.54. The van der Waals surface area contributed by atoms with Crippen LogP contribution in [0, 0.1) is 5.92 Å². The first-order valence-electron chi connectivity index (χ1n) is 7.97. The van der Waals surface area contributed by atoms with Gasteiger partial charge in [-0.15, -0.1) is 0 Å². The molecule has 1 aliphatic rings. The molecule has 0 bridgehead atoms. The highest BCUT2D eigenvalue weighted by molar-refractivity contribution is 4.85. The third kappa shape index (κ3) is 6.24. The Balaban J connectivity index is 2.17. The van der Waals surface area contributed by atoms with Gasteiger partial charge in [0.1, 0.15) is 0 Å². The van der Waals surface area contributed by atoms with Gasteiger partial charge >= 0.3 is 0 Å². The van der Waals surface area contributed by atoms with Gasteiger partial charge in [0.05, 0.1) is 6.61 Å². The minimum Gasteiger partial charge on any atom is -0.394 e. The summed E-state index contributed by atoms with van der Waals surface area (Å²) in [7, 11) is 2.25. The molecular weight excluding hydrogens is 236 g/mol. The van der Waals surface area contributed by atoms with Crippen molar-refractivity contribution in [3.05, 3.63) is 0 Å². The van der Waals surface area contributed by atoms with Crippen LogP contribution in [0.25, 0.3) is 0 Å². The molecule has 0 aliphatic heterocycles. The van der Waals surface area contributed by atoms with Gasteiger partial charge in [-0.2, -0.15) is 0 Å². The van der Waals surface area contributed by atoms with Crippen LogP contribution >= 0.6 is 0 Å². The van der Waals surface area contributed by atoms with Crippen molar-refractivity contribution >= 4 is 0 Å². The molecule has 3 heteroatoms. The fraction of sp³-hybridized carbons (Fsp3) is 1.00. The van der Waals surface area contributed by atoms with Crippen molar-refractivity contribution in [3.8, 4) is 0 Å². The Kier molecular flexibility index (Phi) is 6.78. The monoisotopic (exact) mass is 270 g/mol. The molecule has 19 heavy (non-hydrogen) atoms. The third-order valence-corrected chi connectivity index (χ3v) is 4.47. The van der Waals surface area contributed by atoms with Gasteiger partial charge in [0.15, 0.2) is 0 Å². The number of nitrogens with zero attached hydrogens (tertiary/aromatic N) is 1. The summed E-state index contributed by atoms with van der Waals surface area (Å²) >= 11 is 0. The van der Waals surface area contributed by atoms with Gasteiger partial charge < -0.3 is 15.3 Å². The smallest absolute Gasteiger partial charge is 0.0610 e. The van der Waals surface area contributed by atoms with Crippen LogP contribution in [0.5, 0.6) is 0 Å². The zero-order valence-electron chi connectivity index (χ0n) is 13.6. The largest absolute Gasteiger partial charge is 0.394 e. The Morgan fingerprint density at radius 1 is 1.26 bits per heavy atom. The zero-order chi connectivity index (χ0) is 14.5. The summed E-state index contributed by atoms with van der Waals surface area (Å²) in [6.45, 7) is 10.2. The van der Waals surface area contributed by atoms with Crippen LogP contribution in [0.1, 0.15) is 59.8 Å². The van der Waals surface area contributed by atoms with Gasteiger partial charge in [-0.3, -0.25) is 0 Å². The molecule has 2 N–H and O–H groups in total. The average molecular weight is 270 g/mol. The quantitative estimate of drug-likeness (QED) is 0.599. The predicted octanol–water partition coefficient (Wildman–Crippen LogP) is 2.64. The first-order chi connectivity index (χ1) is 8.88. The van der Waals surface area contributed by atoms with Crippen molar-refractivity contribution in [2.45, 2.75) is 77.4 Å². The van der Waals surface area contributed by atoms with Gasteiger partial charge in [-0.1, -0.05) is 20.3 Å². The molecule has 0 heterocycles. The molecule has 114 valence electrons. The van der Waals surface area contributed by atoms with Crippen LogP contribution in [0.4, 0.5) is 0 Å². The molecule has 1 rings (SSSR count). The zero-order valence-corrected chi connectivity index (χ0v) is 13.6. The minimum atomic E-state index is -0.116. The average Bonchev–Trinajstić information content (AvgIpc) is 3.16. The maximum absolute atomic E-state index is 9.54. The molecule has 0 aromatic rings. The van der Waals surface area contributed by atoms with E-state index >= 15 is 0 Å². The second-order valence-corrected chi connectivity index (χ2v) is 7.03. The maximum Gasteiger partial charge on any atom is 0.0610 e. The standard InChI is InChI=1S/C16H34N2O/c1-13(2)17-16(4,12-19)10-6-7-11-18(5)14(3)15-8-9-15/h13-15,17,19H,6-12H2,1-5H3. The number of hydrogen-bond acceptors (Lipinski definition) is 3. The summed E-state index contributed by atoms with van der Waals surface area (Å²) in [5.74, 6) is 0.954. The van der Waals surface area contributed by atoms with E-state index in [4.69, 9.17) is 0 Å². The number of aliphatic hydroxyl groups excluding tert-OH is 1. The Hall–Kier alpha value is -0.120. The molecule has 0 amide bonds. The van der Waals surface area contributed by atoms with Crippen molar-refractivity contribution in [1.82, 2.24) is 10.2 Å². The second-order valence-electron chi connectivity index (χ2n) is 7.03. The van der Waals surface area contributed by atoms with E-state index in [1.54, 1.807) is 0 Å². The molecular formula is C16H34N2O. The SMILES string of the molecule is CC(C)NC(C)(CO)CCCCN(C)C(C)C1CC1. The number of unbranched alkanes of at least 4 members (excludes halogenated alkanes) is 1. The molecule has 1 saturated carbocycles. The van der Waals surface area contributed by atoms with Gasteiger partial charge in [-0.05, 0) is 59.0 Å². The van der Waals surface area contributed by atoms with Crippen molar-refractivity contribution in [1.29, 1.82) is 0 Å². The molecule has 0 spiro atoms. The summed E-state index contributed by atoms with van der Waals surface area (Å²) in [5.41, 5.74) is -0.116. The van der Waals surface area contributed by atoms with E-state index in [1.807, 2.05) is 0 Å². The summed E-state index contributed by atoms with van der Waals surface area (Å²) < 4.78 is 0. The Morgan fingerprint density at radius 2 is 1.89 bits per heavy atom. The van der Waals surface area contributed by atoms with Crippen molar-refractivity contribution in [2.75, 3.05) is 20.2 Å². The van der Waals surface area contributed by atoms with Crippen LogP contribution in [-0.4, -0.2) is 47.8 Å². The lowest BCUT2D eigenvalue weighted by molar-refractivity contribution is 0.151. The predicted molar refractivity (Wildman–Crippen MR) is 82.4 cm³/mol. The van der Waals surface area contributed by atoms with Crippen LogP contribution < -0.4 is 5.32 Å². The summed E-state index contributed by atoms with van der Waals surface area (Å²) in [6, 6.07) is 1.17. The Morgan fingerprint density at radius 3 is 2.37 bits per heavy atom. The number of aliphatic hydroxyl groups is 1. The van der Waals surface area contributed by atoms with E-state index in [9.17, 15) is 5.11 Å². The normalized spacial score (nSPS) is 20.8. The van der Waals surface area contributed by atoms with E-state index < -0.39 is 0 Å². The Labute approximate surface area is 119 Å². The Bertz CT molecular complexity index is 253. The van der Waals surface area contributed by atoms with Crippen molar-refractivity contribution < 1.29 is 5.11 Å². The molecule has 0 aromatic heterocycles. The van der Waals surface area contributed by atoms with Crippen LogP contribution in [-0.2, 0) is 0 Å². The topological polar surface area (TPSA) is 35.5 Å². The lowest BCUT2D eigenvalue weighted by atomic mass is 9.94. The van der Waals surface area contributed by atoms with Crippen molar-refractivity contribution in [3.63, 3.8) is 0 Å². The van der Waals surface area contributed by atoms with E-state index in [2.05, 4.69) is 45.0 Å². The molecule has 2 atom stereocenters. The fourth-order valence-electron chi connectivity index (χ4n) is 2.91. The molecule has 3 nitrogen and oxygen atoms in total. The van der Waals surface area contributed by atoms with Crippen LogP contribution in [0.15, 0.2) is 0 Å². The first kappa shape index (κ1) is 16.9. The molecule has 0 aromatic carbocycles. The highest BCUT2D eigenvalue weighted by Gasteiger charge is 2.30. The first-order valence-corrected chi connectivity index (χ1v) is 7.97. The van der Waals surface area contributed by atoms with Crippen molar-refractivity contribution in [2.24, 2.45) is 5.92 Å². The second kappa shape index (κ2) is 7.61. The highest BCUT2D eigenvalue weighted by Crippen LogP contribution is 2.34. The van der Waals surface area contributed by atoms with Gasteiger partial charge in [0.25, 0.3) is 0 Å². The molecule has 2 unspecified atom stereocenters. The highest BCUT2D eigenvalue weighted by atomic mass is 16.3. The number of nitrogens with one attached hydrogen (secondary N) is 1. The summed E-state index contributed by atoms with van der Waals surface area (Å²) in [4.78, 5) is 2.50. The summed E-state index contributed by atoms with van der Waals surface area (Å²) in [5, 5.41) is 13.0. The number of rotatable bonds is 10. The minimum absolute atomic E-state index is 0.116. The molecule has 0 saturated heterocycles. The van der Waals surface area contributed by atoms with E-state index in [-0.39, 0.29) is 12.1 Å². The molecule has 1 aliphatic carbocycles. The van der Waals surface area contributed by atoms with Gasteiger partial charge in [0, 0.05) is 17.6 Å². The van der Waals surface area contributed by atoms with Gasteiger partial charge in [-0.25, -0.2) is 0 Å². The van der Waals surface area contributed by atoms with Crippen LogP contribution in [0.3, 0.4) is 0 Å². The third-order valence-electron chi connectivity index (χ3n) is 4.47. The van der Waals surface area contributed by atoms with E-state index in [0.29, 0.717) is 6.04 Å². The fourth-order valence-corrected chi connectivity index (χ4v) is 2.91. The lowest BCUT2D eigenvalue weighted by Crippen LogP contribution is -2.49. The number of hydrogen-bond donors (Lipinski definition) is 2. The summed E-state index contributed by atoms with van der Waals surface area (Å²) in [6.07, 6.45) is 6.30.